The van der Waals surface area contributed by atoms with Gasteiger partial charge in [-0.05, 0) is 24.1 Å². The molecule has 1 amide bonds. The third-order valence-corrected chi connectivity index (χ3v) is 2.99. The first-order valence-electron chi connectivity index (χ1n) is 6.38. The first-order chi connectivity index (χ1) is 9.25. The topological polar surface area (TPSA) is 59.8 Å². The van der Waals surface area contributed by atoms with Gasteiger partial charge in [0.05, 0.1) is 0 Å². The smallest absolute Gasteiger partial charge is 0.220 e. The minimum atomic E-state index is 0.0750. The summed E-state index contributed by atoms with van der Waals surface area (Å²) < 4.78 is 1.82. The summed E-state index contributed by atoms with van der Waals surface area (Å²) in [5.41, 5.74) is 2.21. The minimum absolute atomic E-state index is 0.0750. The van der Waals surface area contributed by atoms with E-state index in [2.05, 4.69) is 15.4 Å². The van der Waals surface area contributed by atoms with Crippen LogP contribution in [0.3, 0.4) is 0 Å². The van der Waals surface area contributed by atoms with Crippen molar-refractivity contribution in [3.63, 3.8) is 0 Å². The van der Waals surface area contributed by atoms with Crippen molar-refractivity contribution >= 4 is 5.91 Å². The van der Waals surface area contributed by atoms with Gasteiger partial charge in [-0.3, -0.25) is 14.5 Å². The number of rotatable bonds is 6. The monoisotopic (exact) mass is 258 g/mol. The Balaban J connectivity index is 1.66. The molecule has 5 nitrogen and oxygen atoms in total. The van der Waals surface area contributed by atoms with Crippen LogP contribution in [0.5, 0.6) is 0 Å². The van der Waals surface area contributed by atoms with Gasteiger partial charge in [-0.2, -0.15) is 5.10 Å². The molecule has 0 aliphatic heterocycles. The van der Waals surface area contributed by atoms with Crippen molar-refractivity contribution in [2.24, 2.45) is 7.05 Å². The molecule has 0 fully saturated rings. The number of nitrogens with one attached hydrogen (secondary N) is 1. The predicted molar refractivity (Wildman–Crippen MR) is 72.5 cm³/mol. The van der Waals surface area contributed by atoms with Crippen molar-refractivity contribution in [3.8, 4) is 0 Å². The SMILES string of the molecule is Cn1nccc1CCNC(=O)CCc1cccnc1. The molecule has 0 aliphatic rings. The van der Waals surface area contributed by atoms with Gasteiger partial charge in [0, 0.05) is 50.7 Å². The summed E-state index contributed by atoms with van der Waals surface area (Å²) in [5.74, 6) is 0.0750. The maximum absolute atomic E-state index is 11.7. The van der Waals surface area contributed by atoms with Gasteiger partial charge in [0.25, 0.3) is 0 Å². The molecule has 2 aromatic heterocycles. The number of aryl methyl sites for hydroxylation is 2. The predicted octanol–water partition coefficient (Wildman–Crippen LogP) is 1.11. The van der Waals surface area contributed by atoms with Gasteiger partial charge in [-0.25, -0.2) is 0 Å². The summed E-state index contributed by atoms with van der Waals surface area (Å²) in [5, 5.41) is 7.01. The molecule has 0 spiro atoms. The Hall–Kier alpha value is -2.17. The number of carbonyl (C=O) groups is 1. The van der Waals surface area contributed by atoms with Crippen LogP contribution in [0.15, 0.2) is 36.8 Å². The Morgan fingerprint density at radius 1 is 1.32 bits per heavy atom. The molecule has 19 heavy (non-hydrogen) atoms. The van der Waals surface area contributed by atoms with E-state index in [1.54, 1.807) is 18.6 Å². The van der Waals surface area contributed by atoms with Gasteiger partial charge in [0.1, 0.15) is 0 Å². The second-order valence-corrected chi connectivity index (χ2v) is 4.41. The second-order valence-electron chi connectivity index (χ2n) is 4.41. The van der Waals surface area contributed by atoms with Crippen LogP contribution in [0.4, 0.5) is 0 Å². The molecule has 0 bridgehead atoms. The number of nitrogens with zero attached hydrogens (tertiary/aromatic N) is 3. The molecule has 2 heterocycles. The van der Waals surface area contributed by atoms with E-state index < -0.39 is 0 Å². The molecule has 100 valence electrons. The second kappa shape index (κ2) is 6.68. The fraction of sp³-hybridized carbons (Fsp3) is 0.357. The molecule has 0 aromatic carbocycles. The van der Waals surface area contributed by atoms with Gasteiger partial charge in [-0.1, -0.05) is 6.07 Å². The van der Waals surface area contributed by atoms with Gasteiger partial charge < -0.3 is 5.32 Å². The highest BCUT2D eigenvalue weighted by Crippen LogP contribution is 2.00. The minimum Gasteiger partial charge on any atom is -0.356 e. The molecule has 0 aliphatic carbocycles. The van der Waals surface area contributed by atoms with Crippen molar-refractivity contribution in [1.82, 2.24) is 20.1 Å². The van der Waals surface area contributed by atoms with E-state index in [-0.39, 0.29) is 5.91 Å². The molecule has 0 radical (unpaired) electrons. The maximum Gasteiger partial charge on any atom is 0.220 e. The van der Waals surface area contributed by atoms with Crippen LogP contribution >= 0.6 is 0 Å². The number of carbonyl (C=O) groups excluding carboxylic acids is 1. The fourth-order valence-electron chi connectivity index (χ4n) is 1.87. The Morgan fingerprint density at radius 3 is 2.89 bits per heavy atom. The molecule has 0 atom stereocenters. The number of aromatic nitrogens is 3. The van der Waals surface area contributed by atoms with Crippen molar-refractivity contribution in [2.45, 2.75) is 19.3 Å². The lowest BCUT2D eigenvalue weighted by atomic mass is 10.1. The third kappa shape index (κ3) is 4.21. The van der Waals surface area contributed by atoms with Gasteiger partial charge >= 0.3 is 0 Å². The fourth-order valence-corrected chi connectivity index (χ4v) is 1.87. The highest BCUT2D eigenvalue weighted by Gasteiger charge is 2.03. The zero-order valence-electron chi connectivity index (χ0n) is 11.0. The number of hydrogen-bond donors (Lipinski definition) is 1. The average Bonchev–Trinajstić information content (AvgIpc) is 2.83. The van der Waals surface area contributed by atoms with Gasteiger partial charge in [0.15, 0.2) is 0 Å². The molecule has 1 N–H and O–H groups in total. The van der Waals surface area contributed by atoms with E-state index in [0.29, 0.717) is 13.0 Å². The molecule has 2 aromatic rings. The van der Waals surface area contributed by atoms with Crippen LogP contribution in [-0.4, -0.2) is 27.2 Å². The quantitative estimate of drug-likeness (QED) is 0.844. The lowest BCUT2D eigenvalue weighted by Gasteiger charge is -2.05. The van der Waals surface area contributed by atoms with E-state index in [1.807, 2.05) is 29.9 Å². The highest BCUT2D eigenvalue weighted by molar-refractivity contribution is 5.76. The Morgan fingerprint density at radius 2 is 2.21 bits per heavy atom. The van der Waals surface area contributed by atoms with E-state index in [0.717, 1.165) is 24.1 Å². The van der Waals surface area contributed by atoms with E-state index in [4.69, 9.17) is 0 Å². The Labute approximate surface area is 112 Å². The lowest BCUT2D eigenvalue weighted by molar-refractivity contribution is -0.121. The van der Waals surface area contributed by atoms with Crippen LogP contribution in [0, 0.1) is 0 Å². The first-order valence-corrected chi connectivity index (χ1v) is 6.38. The summed E-state index contributed by atoms with van der Waals surface area (Å²) in [6, 6.07) is 5.83. The van der Waals surface area contributed by atoms with Crippen molar-refractivity contribution in [1.29, 1.82) is 0 Å². The molecular formula is C14H18N4O. The molecule has 0 saturated carbocycles. The molecular weight excluding hydrogens is 240 g/mol. The maximum atomic E-state index is 11.7. The molecule has 5 heteroatoms. The highest BCUT2D eigenvalue weighted by atomic mass is 16.1. The lowest BCUT2D eigenvalue weighted by Crippen LogP contribution is -2.26. The summed E-state index contributed by atoms with van der Waals surface area (Å²) in [4.78, 5) is 15.7. The first kappa shape index (κ1) is 13.3. The van der Waals surface area contributed by atoms with E-state index >= 15 is 0 Å². The number of hydrogen-bond acceptors (Lipinski definition) is 3. The Bertz CT molecular complexity index is 521. The zero-order valence-corrected chi connectivity index (χ0v) is 11.0. The van der Waals surface area contributed by atoms with Crippen LogP contribution in [0.25, 0.3) is 0 Å². The van der Waals surface area contributed by atoms with Crippen LogP contribution in [0.1, 0.15) is 17.7 Å². The third-order valence-electron chi connectivity index (χ3n) is 2.99. The van der Waals surface area contributed by atoms with E-state index in [1.165, 1.54) is 0 Å². The van der Waals surface area contributed by atoms with Crippen LogP contribution in [0.2, 0.25) is 0 Å². The van der Waals surface area contributed by atoms with Gasteiger partial charge in [-0.15, -0.1) is 0 Å². The normalized spacial score (nSPS) is 10.4. The molecule has 0 saturated heterocycles. The standard InChI is InChI=1S/C14H18N4O/c1-18-13(7-10-17-18)6-9-16-14(19)5-4-12-3-2-8-15-11-12/h2-3,7-8,10-11H,4-6,9H2,1H3,(H,16,19). The molecule has 2 rings (SSSR count). The van der Waals surface area contributed by atoms with Crippen molar-refractivity contribution in [2.75, 3.05) is 6.54 Å². The zero-order chi connectivity index (χ0) is 13.5. The van der Waals surface area contributed by atoms with Crippen LogP contribution < -0.4 is 5.32 Å². The molecule has 0 unspecified atom stereocenters. The van der Waals surface area contributed by atoms with E-state index in [9.17, 15) is 4.79 Å². The van der Waals surface area contributed by atoms with Crippen LogP contribution in [-0.2, 0) is 24.7 Å². The number of amides is 1. The Kier molecular flexibility index (Phi) is 4.66. The number of pyridine rings is 1. The summed E-state index contributed by atoms with van der Waals surface area (Å²) in [7, 11) is 1.90. The van der Waals surface area contributed by atoms with Crippen molar-refractivity contribution in [3.05, 3.63) is 48.0 Å². The summed E-state index contributed by atoms with van der Waals surface area (Å²) >= 11 is 0. The summed E-state index contributed by atoms with van der Waals surface area (Å²) in [6.07, 6.45) is 7.32. The van der Waals surface area contributed by atoms with Gasteiger partial charge in [0.2, 0.25) is 5.91 Å². The van der Waals surface area contributed by atoms with Crippen molar-refractivity contribution < 1.29 is 4.79 Å². The average molecular weight is 258 g/mol. The summed E-state index contributed by atoms with van der Waals surface area (Å²) in [6.45, 7) is 0.644. The largest absolute Gasteiger partial charge is 0.356 e.